The lowest BCUT2D eigenvalue weighted by Crippen LogP contribution is -2.63. The SMILES string of the molecule is CC1CC(CN)(N2CC3CCC2C3)C1. The van der Waals surface area contributed by atoms with Crippen LogP contribution >= 0.6 is 0 Å². The minimum absolute atomic E-state index is 0.430. The Bertz CT molecular complexity index is 232. The zero-order valence-electron chi connectivity index (χ0n) is 9.21. The second-order valence-corrected chi connectivity index (χ2v) is 5.93. The molecule has 2 aliphatic carbocycles. The van der Waals surface area contributed by atoms with Crippen molar-refractivity contribution in [3.63, 3.8) is 0 Å². The first-order valence-electron chi connectivity index (χ1n) is 6.20. The van der Waals surface area contributed by atoms with Crippen molar-refractivity contribution in [2.24, 2.45) is 17.6 Å². The van der Waals surface area contributed by atoms with E-state index in [1.165, 1.54) is 38.6 Å². The molecule has 2 bridgehead atoms. The van der Waals surface area contributed by atoms with Crippen LogP contribution < -0.4 is 5.73 Å². The maximum absolute atomic E-state index is 6.00. The number of hydrogen-bond donors (Lipinski definition) is 1. The van der Waals surface area contributed by atoms with E-state index in [-0.39, 0.29) is 0 Å². The van der Waals surface area contributed by atoms with Gasteiger partial charge in [0, 0.05) is 24.7 Å². The molecule has 2 N–H and O–H groups in total. The van der Waals surface area contributed by atoms with Gasteiger partial charge in [0.05, 0.1) is 0 Å². The normalized spacial score (nSPS) is 52.3. The summed E-state index contributed by atoms with van der Waals surface area (Å²) in [5.74, 6) is 1.93. The number of nitrogens with two attached hydrogens (primary N) is 1. The molecule has 3 fully saturated rings. The van der Waals surface area contributed by atoms with Gasteiger partial charge in [-0.2, -0.15) is 0 Å². The molecule has 3 rings (SSSR count). The van der Waals surface area contributed by atoms with Crippen molar-refractivity contribution >= 4 is 0 Å². The van der Waals surface area contributed by atoms with Gasteiger partial charge >= 0.3 is 0 Å². The number of fused-ring (bicyclic) bond motifs is 2. The summed E-state index contributed by atoms with van der Waals surface area (Å²) in [4.78, 5) is 2.78. The van der Waals surface area contributed by atoms with E-state index in [1.807, 2.05) is 0 Å². The highest BCUT2D eigenvalue weighted by atomic mass is 15.3. The Hall–Kier alpha value is -0.0800. The lowest BCUT2D eigenvalue weighted by Gasteiger charge is -2.54. The third-order valence-corrected chi connectivity index (χ3v) is 4.86. The molecular formula is C12H22N2. The molecule has 0 aromatic carbocycles. The highest BCUT2D eigenvalue weighted by molar-refractivity contribution is 5.08. The van der Waals surface area contributed by atoms with E-state index in [0.29, 0.717) is 5.54 Å². The molecule has 1 heterocycles. The molecule has 2 atom stereocenters. The first-order chi connectivity index (χ1) is 6.73. The summed E-state index contributed by atoms with van der Waals surface area (Å²) in [5.41, 5.74) is 6.43. The summed E-state index contributed by atoms with van der Waals surface area (Å²) in [7, 11) is 0. The van der Waals surface area contributed by atoms with E-state index in [9.17, 15) is 0 Å². The molecule has 2 heteroatoms. The van der Waals surface area contributed by atoms with Gasteiger partial charge in [0.25, 0.3) is 0 Å². The number of rotatable bonds is 2. The molecule has 0 amide bonds. The maximum atomic E-state index is 6.00. The molecule has 2 nitrogen and oxygen atoms in total. The Kier molecular flexibility index (Phi) is 1.94. The molecule has 0 radical (unpaired) electrons. The van der Waals surface area contributed by atoms with Gasteiger partial charge in [-0.25, -0.2) is 0 Å². The molecule has 0 aromatic heterocycles. The Morgan fingerprint density at radius 1 is 1.36 bits per heavy atom. The fourth-order valence-corrected chi connectivity index (χ4v) is 4.26. The highest BCUT2D eigenvalue weighted by Crippen LogP contribution is 2.49. The Morgan fingerprint density at radius 2 is 2.14 bits per heavy atom. The number of likely N-dealkylation sites (tertiary alicyclic amines) is 1. The molecule has 1 aliphatic heterocycles. The van der Waals surface area contributed by atoms with Gasteiger partial charge in [-0.15, -0.1) is 0 Å². The lowest BCUT2D eigenvalue weighted by atomic mass is 9.67. The second-order valence-electron chi connectivity index (χ2n) is 5.93. The van der Waals surface area contributed by atoms with Crippen LogP contribution in [-0.2, 0) is 0 Å². The van der Waals surface area contributed by atoms with Crippen molar-refractivity contribution in [1.82, 2.24) is 4.90 Å². The van der Waals surface area contributed by atoms with Crippen molar-refractivity contribution in [2.75, 3.05) is 13.1 Å². The molecule has 14 heavy (non-hydrogen) atoms. The smallest absolute Gasteiger partial charge is 0.0339 e. The monoisotopic (exact) mass is 194 g/mol. The number of piperidine rings is 1. The first kappa shape index (κ1) is 9.17. The molecule has 0 spiro atoms. The Morgan fingerprint density at radius 3 is 2.57 bits per heavy atom. The molecule has 80 valence electrons. The molecule has 3 aliphatic rings. The van der Waals surface area contributed by atoms with Gasteiger partial charge in [0.1, 0.15) is 0 Å². The van der Waals surface area contributed by atoms with E-state index in [0.717, 1.165) is 24.4 Å². The van der Waals surface area contributed by atoms with E-state index < -0.39 is 0 Å². The zero-order chi connectivity index (χ0) is 9.76. The predicted molar refractivity (Wildman–Crippen MR) is 58.0 cm³/mol. The summed E-state index contributed by atoms with van der Waals surface area (Å²) in [5, 5.41) is 0. The van der Waals surface area contributed by atoms with Crippen LogP contribution in [0.2, 0.25) is 0 Å². The topological polar surface area (TPSA) is 29.3 Å². The standard InChI is InChI=1S/C12H22N2/c1-9-5-12(6-9,8-13)14-7-10-2-3-11(14)4-10/h9-11H,2-8,13H2,1H3. The minimum atomic E-state index is 0.430. The van der Waals surface area contributed by atoms with E-state index in [1.54, 1.807) is 0 Å². The Balaban J connectivity index is 1.75. The molecule has 2 saturated carbocycles. The fraction of sp³-hybridized carbons (Fsp3) is 1.00. The highest BCUT2D eigenvalue weighted by Gasteiger charge is 2.52. The second kappa shape index (κ2) is 2.96. The minimum Gasteiger partial charge on any atom is -0.329 e. The van der Waals surface area contributed by atoms with Gasteiger partial charge in [0.15, 0.2) is 0 Å². The van der Waals surface area contributed by atoms with Crippen LogP contribution in [0.1, 0.15) is 39.0 Å². The van der Waals surface area contributed by atoms with Crippen molar-refractivity contribution < 1.29 is 0 Å². The van der Waals surface area contributed by atoms with E-state index >= 15 is 0 Å². The molecule has 2 unspecified atom stereocenters. The van der Waals surface area contributed by atoms with Crippen LogP contribution in [0.3, 0.4) is 0 Å². The largest absolute Gasteiger partial charge is 0.329 e. The maximum Gasteiger partial charge on any atom is 0.0339 e. The van der Waals surface area contributed by atoms with Crippen LogP contribution in [0.25, 0.3) is 0 Å². The van der Waals surface area contributed by atoms with Crippen molar-refractivity contribution in [2.45, 2.75) is 50.6 Å². The van der Waals surface area contributed by atoms with Crippen molar-refractivity contribution in [1.29, 1.82) is 0 Å². The van der Waals surface area contributed by atoms with Crippen LogP contribution in [0.5, 0.6) is 0 Å². The average Bonchev–Trinajstić information content (AvgIpc) is 2.73. The lowest BCUT2D eigenvalue weighted by molar-refractivity contribution is -0.0320. The van der Waals surface area contributed by atoms with E-state index in [4.69, 9.17) is 5.73 Å². The molecule has 1 saturated heterocycles. The summed E-state index contributed by atoms with van der Waals surface area (Å²) < 4.78 is 0. The fourth-order valence-electron chi connectivity index (χ4n) is 4.26. The van der Waals surface area contributed by atoms with E-state index in [2.05, 4.69) is 11.8 Å². The van der Waals surface area contributed by atoms with Crippen molar-refractivity contribution in [3.8, 4) is 0 Å². The average molecular weight is 194 g/mol. The van der Waals surface area contributed by atoms with Crippen LogP contribution in [-0.4, -0.2) is 29.6 Å². The third-order valence-electron chi connectivity index (χ3n) is 4.86. The Labute approximate surface area is 86.8 Å². The van der Waals surface area contributed by atoms with Gasteiger partial charge < -0.3 is 5.73 Å². The molecule has 0 aromatic rings. The quantitative estimate of drug-likeness (QED) is 0.723. The number of hydrogen-bond acceptors (Lipinski definition) is 2. The first-order valence-corrected chi connectivity index (χ1v) is 6.20. The van der Waals surface area contributed by atoms with Crippen LogP contribution in [0.15, 0.2) is 0 Å². The van der Waals surface area contributed by atoms with Crippen LogP contribution in [0.4, 0.5) is 0 Å². The zero-order valence-corrected chi connectivity index (χ0v) is 9.21. The van der Waals surface area contributed by atoms with Crippen molar-refractivity contribution in [3.05, 3.63) is 0 Å². The van der Waals surface area contributed by atoms with Crippen LogP contribution in [0, 0.1) is 11.8 Å². The summed E-state index contributed by atoms with van der Waals surface area (Å²) in [6, 6.07) is 0.899. The van der Waals surface area contributed by atoms with Gasteiger partial charge in [0.2, 0.25) is 0 Å². The third kappa shape index (κ3) is 1.10. The summed E-state index contributed by atoms with van der Waals surface area (Å²) in [6.45, 7) is 4.61. The predicted octanol–water partition coefficient (Wildman–Crippen LogP) is 1.60. The summed E-state index contributed by atoms with van der Waals surface area (Å²) >= 11 is 0. The molecular weight excluding hydrogens is 172 g/mol. The number of nitrogens with zero attached hydrogens (tertiary/aromatic N) is 1. The summed E-state index contributed by atoms with van der Waals surface area (Å²) in [6.07, 6.45) is 7.10. The van der Waals surface area contributed by atoms with Gasteiger partial charge in [-0.05, 0) is 43.9 Å². The van der Waals surface area contributed by atoms with Gasteiger partial charge in [-0.3, -0.25) is 4.90 Å². The van der Waals surface area contributed by atoms with Gasteiger partial charge in [-0.1, -0.05) is 6.92 Å².